The van der Waals surface area contributed by atoms with Gasteiger partial charge in [0, 0.05) is 38.8 Å². The molecule has 0 aliphatic rings. The van der Waals surface area contributed by atoms with Gasteiger partial charge in [-0.25, -0.2) is 0 Å². The Bertz CT molecular complexity index is 1600. The summed E-state index contributed by atoms with van der Waals surface area (Å²) in [5.41, 5.74) is 0.548. The molecule has 4 atom stereocenters. The van der Waals surface area contributed by atoms with Gasteiger partial charge in [-0.15, -0.1) is 0 Å². The number of hydrogen-bond donors (Lipinski definition) is 9. The molecule has 0 aliphatic heterocycles. The maximum atomic E-state index is 13.4. The van der Waals surface area contributed by atoms with Gasteiger partial charge in [0.25, 0.3) is 0 Å². The molecule has 0 aliphatic carbocycles. The van der Waals surface area contributed by atoms with Crippen LogP contribution in [0, 0.1) is 0 Å². The van der Waals surface area contributed by atoms with Crippen molar-refractivity contribution < 1.29 is 63.1 Å². The molecule has 66 heavy (non-hydrogen) atoms. The Kier molecular flexibility index (Phi) is 33.0. The Morgan fingerprint density at radius 1 is 0.576 bits per heavy atom. The average molecular weight is 935 g/mol. The summed E-state index contributed by atoms with van der Waals surface area (Å²) in [4.78, 5) is 99.0. The number of phenols is 1. The number of carbonyl (C=O) groups excluding carboxylic acids is 7. The third-order valence-electron chi connectivity index (χ3n) is 10.6. The van der Waals surface area contributed by atoms with Crippen LogP contribution in [0.3, 0.4) is 0 Å². The lowest BCUT2D eigenvalue weighted by Gasteiger charge is -2.25. The van der Waals surface area contributed by atoms with Gasteiger partial charge in [0.2, 0.25) is 35.4 Å². The van der Waals surface area contributed by atoms with E-state index in [1.165, 1.54) is 64.5 Å². The number of carboxylic acids is 1. The van der Waals surface area contributed by atoms with Crippen LogP contribution in [-0.4, -0.2) is 133 Å². The van der Waals surface area contributed by atoms with E-state index in [1.807, 2.05) is 6.92 Å². The highest BCUT2D eigenvalue weighted by Crippen LogP contribution is 2.14. The number of unbranched alkanes of at least 4 members (excludes halogenated alkanes) is 12. The molecule has 0 heterocycles. The molecule has 0 spiro atoms. The van der Waals surface area contributed by atoms with E-state index in [1.54, 1.807) is 12.1 Å². The van der Waals surface area contributed by atoms with Crippen LogP contribution < -0.4 is 31.9 Å². The average Bonchev–Trinajstić information content (AvgIpc) is 3.27. The number of amides is 6. The molecule has 0 saturated heterocycles. The van der Waals surface area contributed by atoms with Gasteiger partial charge < -0.3 is 56.7 Å². The predicted molar refractivity (Wildman–Crippen MR) is 247 cm³/mol. The van der Waals surface area contributed by atoms with E-state index < -0.39 is 66.3 Å². The molecule has 0 saturated carbocycles. The molecule has 1 aromatic rings. The summed E-state index contributed by atoms with van der Waals surface area (Å²) in [5, 5.41) is 43.8. The highest BCUT2D eigenvalue weighted by Gasteiger charge is 2.30. The number of Topliss-reactive ketones (excluding diaryl/α,β-unsaturated/α-hetero) is 1. The molecule has 0 fully saturated rings. The Hall–Kier alpha value is -5.14. The van der Waals surface area contributed by atoms with E-state index in [2.05, 4.69) is 31.9 Å². The minimum atomic E-state index is -1.43. The number of aliphatic hydroxyl groups excluding tert-OH is 1. The SMILES string of the molecule is CCCC[C@H](NC(=O)[C@H](CO)NC(=O)[C@H](Cc1ccc(O)cc1)NC(=O)C(C)NC(=O)CCNC(=O)COCCOCCNC(=O)CCCCCCCCCCCCCCC(=O)O)C(C)=O. The van der Waals surface area contributed by atoms with Crippen LogP contribution in [0.5, 0.6) is 5.75 Å². The van der Waals surface area contributed by atoms with Crippen LogP contribution in [-0.2, 0) is 54.3 Å². The molecule has 1 rings (SSSR count). The van der Waals surface area contributed by atoms with Crippen molar-refractivity contribution in [3.63, 3.8) is 0 Å². The van der Waals surface area contributed by atoms with Crippen molar-refractivity contribution in [1.82, 2.24) is 31.9 Å². The first kappa shape index (κ1) is 58.9. The van der Waals surface area contributed by atoms with Crippen molar-refractivity contribution in [3.8, 4) is 5.75 Å². The summed E-state index contributed by atoms with van der Waals surface area (Å²) >= 11 is 0. The third kappa shape index (κ3) is 30.1. The maximum Gasteiger partial charge on any atom is 0.303 e. The van der Waals surface area contributed by atoms with Gasteiger partial charge in [0.1, 0.15) is 30.5 Å². The Balaban J connectivity index is 2.29. The van der Waals surface area contributed by atoms with Crippen molar-refractivity contribution in [2.45, 2.75) is 167 Å². The largest absolute Gasteiger partial charge is 0.508 e. The first-order valence-corrected chi connectivity index (χ1v) is 23.7. The number of nitrogens with one attached hydrogen (secondary N) is 6. The highest BCUT2D eigenvalue weighted by atomic mass is 16.5. The Morgan fingerprint density at radius 2 is 1.11 bits per heavy atom. The molecule has 6 amide bonds. The zero-order chi connectivity index (χ0) is 49.0. The summed E-state index contributed by atoms with van der Waals surface area (Å²) in [6, 6.07) is 1.27. The number of benzene rings is 1. The number of aromatic hydroxyl groups is 1. The number of rotatable bonds is 40. The second kappa shape index (κ2) is 37.0. The van der Waals surface area contributed by atoms with E-state index >= 15 is 0 Å². The van der Waals surface area contributed by atoms with Crippen LogP contribution >= 0.6 is 0 Å². The molecule has 374 valence electrons. The quantitative estimate of drug-likeness (QED) is 0.0429. The van der Waals surface area contributed by atoms with Crippen molar-refractivity contribution in [2.24, 2.45) is 0 Å². The molecular formula is C47H78N6O13. The smallest absolute Gasteiger partial charge is 0.303 e. The minimum Gasteiger partial charge on any atom is -0.508 e. The number of carboxylic acid groups (broad SMARTS) is 1. The minimum absolute atomic E-state index is 0.0162. The lowest BCUT2D eigenvalue weighted by molar-refractivity contribution is -0.137. The van der Waals surface area contributed by atoms with Gasteiger partial charge in [-0.2, -0.15) is 0 Å². The monoisotopic (exact) mass is 935 g/mol. The van der Waals surface area contributed by atoms with Crippen molar-refractivity contribution in [3.05, 3.63) is 29.8 Å². The second-order valence-corrected chi connectivity index (χ2v) is 16.5. The van der Waals surface area contributed by atoms with E-state index in [0.717, 1.165) is 44.9 Å². The molecule has 1 unspecified atom stereocenters. The van der Waals surface area contributed by atoms with E-state index in [4.69, 9.17) is 14.6 Å². The van der Waals surface area contributed by atoms with Crippen LogP contribution in [0.4, 0.5) is 0 Å². The van der Waals surface area contributed by atoms with Crippen molar-refractivity contribution in [2.75, 3.05) is 46.1 Å². The van der Waals surface area contributed by atoms with Gasteiger partial charge in [-0.3, -0.25) is 38.4 Å². The first-order chi connectivity index (χ1) is 31.7. The second-order valence-electron chi connectivity index (χ2n) is 16.5. The molecule has 1 aromatic carbocycles. The molecule has 19 nitrogen and oxygen atoms in total. The number of aliphatic carboxylic acids is 1. The number of phenolic OH excluding ortho intramolecular Hbond substituents is 1. The molecule has 9 N–H and O–H groups in total. The van der Waals surface area contributed by atoms with Crippen molar-refractivity contribution >= 4 is 47.2 Å². The van der Waals surface area contributed by atoms with Gasteiger partial charge in [0.15, 0.2) is 5.78 Å². The first-order valence-electron chi connectivity index (χ1n) is 23.7. The molecule has 0 aromatic heterocycles. The van der Waals surface area contributed by atoms with Crippen LogP contribution in [0.1, 0.15) is 142 Å². The summed E-state index contributed by atoms with van der Waals surface area (Å²) in [7, 11) is 0. The highest BCUT2D eigenvalue weighted by molar-refractivity contribution is 5.95. The van der Waals surface area contributed by atoms with E-state index in [0.29, 0.717) is 38.0 Å². The number of aliphatic hydroxyl groups is 1. The van der Waals surface area contributed by atoms with E-state index in [-0.39, 0.29) is 63.1 Å². The van der Waals surface area contributed by atoms with Crippen molar-refractivity contribution in [1.29, 1.82) is 0 Å². The predicted octanol–water partition coefficient (Wildman–Crippen LogP) is 2.87. The maximum absolute atomic E-state index is 13.4. The third-order valence-corrected chi connectivity index (χ3v) is 10.6. The molecule has 0 bridgehead atoms. The fourth-order valence-corrected chi connectivity index (χ4v) is 6.71. The standard InChI is InChI=1S/C47H78N6O13/c1-4-5-18-38(35(3)55)51-47(64)40(32-54)53-46(63)39(31-36-21-23-37(56)24-22-36)52-45(62)34(2)50-42(58)25-26-48-43(59)33-66-30-29-65-28-27-49-41(57)19-16-14-12-10-8-6-7-9-11-13-15-17-20-44(60)61/h21-24,34,38-40,54,56H,4-20,25-33H2,1-3H3,(H,48,59)(H,49,57)(H,50,58)(H,51,64)(H,52,62)(H,53,63)(H,60,61)/t34?,38-,39-,40-/m0/s1. The topological polar surface area (TPSA) is 288 Å². The lowest BCUT2D eigenvalue weighted by Crippen LogP contribution is -2.58. The van der Waals surface area contributed by atoms with Crippen LogP contribution in [0.25, 0.3) is 0 Å². The fraction of sp³-hybridized carbons (Fsp3) is 0.702. The molecule has 19 heteroatoms. The zero-order valence-electron chi connectivity index (χ0n) is 39.4. The molecular weight excluding hydrogens is 857 g/mol. The molecule has 0 radical (unpaired) electrons. The van der Waals surface area contributed by atoms with Gasteiger partial charge in [-0.05, 0) is 50.8 Å². The van der Waals surface area contributed by atoms with Crippen LogP contribution in [0.15, 0.2) is 24.3 Å². The summed E-state index contributed by atoms with van der Waals surface area (Å²) in [6.45, 7) is 4.61. The lowest BCUT2D eigenvalue weighted by atomic mass is 10.0. The van der Waals surface area contributed by atoms with Gasteiger partial charge in [-0.1, -0.05) is 96.1 Å². The zero-order valence-corrected chi connectivity index (χ0v) is 39.4. The number of ether oxygens (including phenoxy) is 2. The Labute approximate surface area is 390 Å². The Morgan fingerprint density at radius 3 is 1.68 bits per heavy atom. The van der Waals surface area contributed by atoms with Gasteiger partial charge >= 0.3 is 5.97 Å². The van der Waals surface area contributed by atoms with E-state index in [9.17, 15) is 48.6 Å². The number of ketones is 1. The van der Waals surface area contributed by atoms with Crippen LogP contribution in [0.2, 0.25) is 0 Å². The summed E-state index contributed by atoms with van der Waals surface area (Å²) in [5.74, 6) is -4.36. The van der Waals surface area contributed by atoms with Gasteiger partial charge in [0.05, 0.1) is 32.5 Å². The summed E-state index contributed by atoms with van der Waals surface area (Å²) in [6.07, 6.45) is 15.4. The fourth-order valence-electron chi connectivity index (χ4n) is 6.71. The number of hydrogen-bond acceptors (Lipinski definition) is 12. The number of carbonyl (C=O) groups is 8. The normalized spacial score (nSPS) is 12.8. The summed E-state index contributed by atoms with van der Waals surface area (Å²) < 4.78 is 10.8.